The van der Waals surface area contributed by atoms with E-state index in [1.165, 1.54) is 19.2 Å². The van der Waals surface area contributed by atoms with Crippen LogP contribution in [0.5, 0.6) is 0 Å². The normalized spacial score (nSPS) is 11.2. The second kappa shape index (κ2) is 7.27. The summed E-state index contributed by atoms with van der Waals surface area (Å²) >= 11 is 0. The van der Waals surface area contributed by atoms with Gasteiger partial charge in [-0.1, -0.05) is 26.7 Å². The van der Waals surface area contributed by atoms with Crippen molar-refractivity contribution in [1.29, 1.82) is 0 Å². The van der Waals surface area contributed by atoms with E-state index in [4.69, 9.17) is 4.74 Å². The zero-order valence-corrected chi connectivity index (χ0v) is 12.8. The van der Waals surface area contributed by atoms with Crippen molar-refractivity contribution in [2.45, 2.75) is 52.0 Å². The van der Waals surface area contributed by atoms with Crippen LogP contribution in [0.2, 0.25) is 0 Å². The number of carbonyl (C=O) groups excluding carboxylic acids is 1. The Hall–Kier alpha value is -1.58. The molecule has 0 saturated heterocycles. The third-order valence-electron chi connectivity index (χ3n) is 3.36. The molecule has 0 spiro atoms. The van der Waals surface area contributed by atoms with Gasteiger partial charge < -0.3 is 10.1 Å². The Morgan fingerprint density at radius 1 is 1.25 bits per heavy atom. The highest BCUT2D eigenvalue weighted by Crippen LogP contribution is 2.28. The summed E-state index contributed by atoms with van der Waals surface area (Å²) < 4.78 is 18.5. The molecule has 0 aromatic heterocycles. The maximum absolute atomic E-state index is 13.5. The fraction of sp³-hybridized carbons (Fsp3) is 0.562. The van der Waals surface area contributed by atoms with E-state index in [9.17, 15) is 9.18 Å². The van der Waals surface area contributed by atoms with Gasteiger partial charge in [-0.2, -0.15) is 0 Å². The molecular formula is C16H24FNO2. The van der Waals surface area contributed by atoms with Gasteiger partial charge in [-0.15, -0.1) is 0 Å². The number of ether oxygens (including phenoxy) is 1. The molecule has 0 heterocycles. The third kappa shape index (κ3) is 3.95. The summed E-state index contributed by atoms with van der Waals surface area (Å²) in [6.45, 7) is 5.87. The lowest BCUT2D eigenvalue weighted by Gasteiger charge is -2.32. The molecule has 112 valence electrons. The molecule has 0 amide bonds. The molecule has 0 aliphatic heterocycles. The standard InChI is InChI=1S/C16H24FNO2/c1-5-7-16(8-6-2,15(19)20-4)18-14-10-12(3)9-13(17)11-14/h9-11,18H,5-8H2,1-4H3. The Bertz CT molecular complexity index is 434. The van der Waals surface area contributed by atoms with E-state index < -0.39 is 5.54 Å². The second-order valence-electron chi connectivity index (χ2n) is 5.22. The van der Waals surface area contributed by atoms with Crippen molar-refractivity contribution in [2.75, 3.05) is 12.4 Å². The van der Waals surface area contributed by atoms with Gasteiger partial charge in [0.2, 0.25) is 0 Å². The number of halogens is 1. The van der Waals surface area contributed by atoms with Gasteiger partial charge in [0.15, 0.2) is 0 Å². The highest BCUT2D eigenvalue weighted by molar-refractivity contribution is 5.84. The molecule has 0 unspecified atom stereocenters. The minimum absolute atomic E-state index is 0.289. The number of esters is 1. The van der Waals surface area contributed by atoms with Gasteiger partial charge in [0, 0.05) is 5.69 Å². The third-order valence-corrected chi connectivity index (χ3v) is 3.36. The fourth-order valence-electron chi connectivity index (χ4n) is 2.64. The number of carbonyl (C=O) groups is 1. The molecule has 4 heteroatoms. The minimum atomic E-state index is -0.779. The molecule has 0 aliphatic rings. The van der Waals surface area contributed by atoms with Gasteiger partial charge in [-0.25, -0.2) is 9.18 Å². The molecule has 0 aliphatic carbocycles. The van der Waals surface area contributed by atoms with Crippen LogP contribution in [-0.2, 0) is 9.53 Å². The molecule has 0 bridgehead atoms. The van der Waals surface area contributed by atoms with Crippen LogP contribution in [0, 0.1) is 12.7 Å². The maximum atomic E-state index is 13.5. The molecule has 1 N–H and O–H groups in total. The number of hydrogen-bond acceptors (Lipinski definition) is 3. The van der Waals surface area contributed by atoms with Crippen LogP contribution in [0.15, 0.2) is 18.2 Å². The average molecular weight is 281 g/mol. The number of methoxy groups -OCH3 is 1. The van der Waals surface area contributed by atoms with Crippen LogP contribution in [-0.4, -0.2) is 18.6 Å². The first-order chi connectivity index (χ1) is 9.47. The van der Waals surface area contributed by atoms with Crippen LogP contribution in [0.25, 0.3) is 0 Å². The summed E-state index contributed by atoms with van der Waals surface area (Å²) in [7, 11) is 1.39. The monoisotopic (exact) mass is 281 g/mol. The maximum Gasteiger partial charge on any atom is 0.331 e. The number of hydrogen-bond donors (Lipinski definition) is 1. The van der Waals surface area contributed by atoms with E-state index >= 15 is 0 Å². The lowest BCUT2D eigenvalue weighted by Crippen LogP contribution is -2.47. The van der Waals surface area contributed by atoms with E-state index in [2.05, 4.69) is 5.32 Å². The van der Waals surface area contributed by atoms with Crippen molar-refractivity contribution in [2.24, 2.45) is 0 Å². The number of rotatable bonds is 7. The molecule has 3 nitrogen and oxygen atoms in total. The molecule has 20 heavy (non-hydrogen) atoms. The molecule has 1 aromatic rings. The zero-order chi connectivity index (χ0) is 15.2. The van der Waals surface area contributed by atoms with E-state index in [1.807, 2.05) is 26.8 Å². The molecular weight excluding hydrogens is 257 g/mol. The first-order valence-electron chi connectivity index (χ1n) is 7.11. The molecule has 0 atom stereocenters. The smallest absolute Gasteiger partial charge is 0.331 e. The topological polar surface area (TPSA) is 38.3 Å². The van der Waals surface area contributed by atoms with Crippen LogP contribution < -0.4 is 5.32 Å². The van der Waals surface area contributed by atoms with Gasteiger partial charge in [-0.05, 0) is 43.5 Å². The Balaban J connectivity index is 3.12. The van der Waals surface area contributed by atoms with Crippen molar-refractivity contribution in [3.8, 4) is 0 Å². The van der Waals surface area contributed by atoms with Crippen LogP contribution in [0.1, 0.15) is 45.1 Å². The van der Waals surface area contributed by atoms with E-state index in [-0.39, 0.29) is 11.8 Å². The average Bonchev–Trinajstić information content (AvgIpc) is 2.37. The number of nitrogens with one attached hydrogen (secondary N) is 1. The highest BCUT2D eigenvalue weighted by Gasteiger charge is 2.37. The minimum Gasteiger partial charge on any atom is -0.467 e. The molecule has 1 aromatic carbocycles. The van der Waals surface area contributed by atoms with E-state index in [0.29, 0.717) is 18.5 Å². The number of anilines is 1. The lowest BCUT2D eigenvalue weighted by atomic mass is 9.88. The van der Waals surface area contributed by atoms with Crippen molar-refractivity contribution in [1.82, 2.24) is 0 Å². The number of benzene rings is 1. The first-order valence-corrected chi connectivity index (χ1v) is 7.11. The predicted octanol–water partition coefficient (Wildman–Crippen LogP) is 4.06. The van der Waals surface area contributed by atoms with Gasteiger partial charge >= 0.3 is 5.97 Å². The first kappa shape index (κ1) is 16.5. The number of aryl methyl sites for hydroxylation is 1. The van der Waals surface area contributed by atoms with Crippen molar-refractivity contribution in [3.63, 3.8) is 0 Å². The van der Waals surface area contributed by atoms with Gasteiger partial charge in [0.05, 0.1) is 7.11 Å². The summed E-state index contributed by atoms with van der Waals surface area (Å²) in [5, 5.41) is 3.21. The summed E-state index contributed by atoms with van der Waals surface area (Å²) in [5.41, 5.74) is 0.660. The van der Waals surface area contributed by atoms with Crippen molar-refractivity contribution < 1.29 is 13.9 Å². The fourth-order valence-corrected chi connectivity index (χ4v) is 2.64. The Morgan fingerprint density at radius 2 is 1.85 bits per heavy atom. The lowest BCUT2D eigenvalue weighted by molar-refractivity contribution is -0.146. The van der Waals surface area contributed by atoms with Gasteiger partial charge in [0.1, 0.15) is 11.4 Å². The van der Waals surface area contributed by atoms with Crippen LogP contribution >= 0.6 is 0 Å². The Kier molecular flexibility index (Phi) is 5.99. The summed E-state index contributed by atoms with van der Waals surface area (Å²) in [6.07, 6.45) is 3.00. The van der Waals surface area contributed by atoms with Crippen LogP contribution in [0.4, 0.5) is 10.1 Å². The Labute approximate surface area is 120 Å². The van der Waals surface area contributed by atoms with Gasteiger partial charge in [-0.3, -0.25) is 0 Å². The van der Waals surface area contributed by atoms with Crippen molar-refractivity contribution >= 4 is 11.7 Å². The summed E-state index contributed by atoms with van der Waals surface area (Å²) in [6, 6.07) is 4.72. The molecule has 0 fully saturated rings. The zero-order valence-electron chi connectivity index (χ0n) is 12.8. The van der Waals surface area contributed by atoms with Crippen LogP contribution in [0.3, 0.4) is 0 Å². The molecule has 1 rings (SSSR count). The highest BCUT2D eigenvalue weighted by atomic mass is 19.1. The molecule has 0 saturated carbocycles. The molecule has 0 radical (unpaired) electrons. The predicted molar refractivity (Wildman–Crippen MR) is 79.3 cm³/mol. The Morgan fingerprint density at radius 3 is 2.30 bits per heavy atom. The van der Waals surface area contributed by atoms with E-state index in [1.54, 1.807) is 0 Å². The summed E-state index contributed by atoms with van der Waals surface area (Å²) in [5.74, 6) is -0.595. The second-order valence-corrected chi connectivity index (χ2v) is 5.22. The van der Waals surface area contributed by atoms with Crippen molar-refractivity contribution in [3.05, 3.63) is 29.6 Å². The largest absolute Gasteiger partial charge is 0.467 e. The van der Waals surface area contributed by atoms with Gasteiger partial charge in [0.25, 0.3) is 0 Å². The van der Waals surface area contributed by atoms with E-state index in [0.717, 1.165) is 18.4 Å². The summed E-state index contributed by atoms with van der Waals surface area (Å²) in [4.78, 5) is 12.2. The quantitative estimate of drug-likeness (QED) is 0.766. The SMILES string of the molecule is CCCC(CCC)(Nc1cc(C)cc(F)c1)C(=O)OC.